The van der Waals surface area contributed by atoms with E-state index in [1.165, 1.54) is 8.61 Å². The van der Waals surface area contributed by atoms with E-state index in [0.717, 1.165) is 38.8 Å². The molecule has 6 heteroatoms. The SMILES string of the molecule is CCCCN(C)S(=O)(=O)N(C)C1CCCNC1. The van der Waals surface area contributed by atoms with Crippen molar-refractivity contribution in [1.29, 1.82) is 0 Å². The van der Waals surface area contributed by atoms with Crippen LogP contribution in [0, 0.1) is 0 Å². The molecule has 1 aliphatic heterocycles. The summed E-state index contributed by atoms with van der Waals surface area (Å²) < 4.78 is 27.5. The number of hydrogen-bond acceptors (Lipinski definition) is 3. The van der Waals surface area contributed by atoms with Crippen molar-refractivity contribution in [2.24, 2.45) is 0 Å². The minimum Gasteiger partial charge on any atom is -0.315 e. The smallest absolute Gasteiger partial charge is 0.281 e. The number of hydrogen-bond donors (Lipinski definition) is 1. The molecule has 5 nitrogen and oxygen atoms in total. The van der Waals surface area contributed by atoms with Gasteiger partial charge in [-0.25, -0.2) is 0 Å². The zero-order valence-electron chi connectivity index (χ0n) is 11.1. The van der Waals surface area contributed by atoms with Crippen LogP contribution in [0.5, 0.6) is 0 Å². The first-order valence-electron chi connectivity index (χ1n) is 6.40. The van der Waals surface area contributed by atoms with Crippen LogP contribution in [-0.2, 0) is 10.2 Å². The van der Waals surface area contributed by atoms with Crippen molar-refractivity contribution in [2.75, 3.05) is 33.7 Å². The van der Waals surface area contributed by atoms with Gasteiger partial charge in [-0.05, 0) is 25.8 Å². The van der Waals surface area contributed by atoms with E-state index in [-0.39, 0.29) is 6.04 Å². The molecule has 1 heterocycles. The standard InChI is InChI=1S/C11H25N3O2S/c1-4-5-9-13(2)17(15,16)14(3)11-7-6-8-12-10-11/h11-12H,4-10H2,1-3H3. The molecule has 1 atom stereocenters. The molecule has 1 saturated heterocycles. The zero-order valence-corrected chi connectivity index (χ0v) is 12.0. The number of piperidine rings is 1. The van der Waals surface area contributed by atoms with E-state index >= 15 is 0 Å². The Labute approximate surface area is 105 Å². The highest BCUT2D eigenvalue weighted by Gasteiger charge is 2.30. The topological polar surface area (TPSA) is 52.7 Å². The molecule has 102 valence electrons. The van der Waals surface area contributed by atoms with E-state index in [4.69, 9.17) is 0 Å². The fourth-order valence-electron chi connectivity index (χ4n) is 2.05. The Hall–Kier alpha value is -0.170. The van der Waals surface area contributed by atoms with Crippen LogP contribution in [0.3, 0.4) is 0 Å². The van der Waals surface area contributed by atoms with Crippen LogP contribution < -0.4 is 5.32 Å². The van der Waals surface area contributed by atoms with Gasteiger partial charge in [0.2, 0.25) is 0 Å². The molecule has 0 aromatic carbocycles. The summed E-state index contributed by atoms with van der Waals surface area (Å²) in [6.07, 6.45) is 3.91. The molecule has 1 unspecified atom stereocenters. The van der Waals surface area contributed by atoms with Crippen LogP contribution in [-0.4, -0.2) is 56.8 Å². The quantitative estimate of drug-likeness (QED) is 0.765. The lowest BCUT2D eigenvalue weighted by molar-refractivity contribution is 0.280. The molecule has 0 aliphatic carbocycles. The Morgan fingerprint density at radius 2 is 2.06 bits per heavy atom. The Balaban J connectivity index is 2.61. The Morgan fingerprint density at radius 3 is 2.59 bits per heavy atom. The zero-order chi connectivity index (χ0) is 12.9. The molecule has 0 amide bonds. The van der Waals surface area contributed by atoms with Gasteiger partial charge < -0.3 is 5.32 Å². The summed E-state index contributed by atoms with van der Waals surface area (Å²) in [5.74, 6) is 0. The van der Waals surface area contributed by atoms with E-state index in [1.54, 1.807) is 14.1 Å². The molecule has 1 rings (SSSR count). The molecule has 1 aliphatic rings. The van der Waals surface area contributed by atoms with Crippen LogP contribution in [0.2, 0.25) is 0 Å². The Kier molecular flexibility index (Phi) is 5.85. The highest BCUT2D eigenvalue weighted by molar-refractivity contribution is 7.86. The number of nitrogens with zero attached hydrogens (tertiary/aromatic N) is 2. The van der Waals surface area contributed by atoms with E-state index in [2.05, 4.69) is 12.2 Å². The summed E-state index contributed by atoms with van der Waals surface area (Å²) in [5, 5.41) is 3.25. The first-order valence-corrected chi connectivity index (χ1v) is 7.80. The highest BCUT2D eigenvalue weighted by atomic mass is 32.2. The summed E-state index contributed by atoms with van der Waals surface area (Å²) in [7, 11) is 0.0702. The molecule has 1 fully saturated rings. The third-order valence-electron chi connectivity index (χ3n) is 3.37. The third-order valence-corrected chi connectivity index (χ3v) is 5.37. The van der Waals surface area contributed by atoms with Gasteiger partial charge in [0, 0.05) is 33.2 Å². The lowest BCUT2D eigenvalue weighted by Gasteiger charge is -2.33. The summed E-state index contributed by atoms with van der Waals surface area (Å²) >= 11 is 0. The summed E-state index contributed by atoms with van der Waals surface area (Å²) in [6, 6.07) is 0.0952. The maximum Gasteiger partial charge on any atom is 0.281 e. The van der Waals surface area contributed by atoms with Gasteiger partial charge in [-0.2, -0.15) is 17.0 Å². The fourth-order valence-corrected chi connectivity index (χ4v) is 3.40. The van der Waals surface area contributed by atoms with Gasteiger partial charge in [0.15, 0.2) is 0 Å². The molecule has 0 aromatic rings. The molecule has 0 spiro atoms. The second-order valence-electron chi connectivity index (χ2n) is 4.70. The second-order valence-corrected chi connectivity index (χ2v) is 6.79. The van der Waals surface area contributed by atoms with E-state index in [1.807, 2.05) is 0 Å². The van der Waals surface area contributed by atoms with Crippen LogP contribution in [0.25, 0.3) is 0 Å². The fraction of sp³-hybridized carbons (Fsp3) is 1.00. The minimum atomic E-state index is -3.28. The highest BCUT2D eigenvalue weighted by Crippen LogP contribution is 2.15. The molecule has 0 radical (unpaired) electrons. The molecule has 17 heavy (non-hydrogen) atoms. The number of unbranched alkanes of at least 4 members (excludes halogenated alkanes) is 1. The average molecular weight is 263 g/mol. The van der Waals surface area contributed by atoms with Gasteiger partial charge in [-0.3, -0.25) is 0 Å². The first-order chi connectivity index (χ1) is 8.00. The van der Waals surface area contributed by atoms with Gasteiger partial charge in [0.05, 0.1) is 0 Å². The van der Waals surface area contributed by atoms with E-state index in [0.29, 0.717) is 6.54 Å². The van der Waals surface area contributed by atoms with E-state index in [9.17, 15) is 8.42 Å². The van der Waals surface area contributed by atoms with Gasteiger partial charge in [-0.1, -0.05) is 13.3 Å². The minimum absolute atomic E-state index is 0.0952. The third kappa shape index (κ3) is 3.91. The summed E-state index contributed by atoms with van der Waals surface area (Å²) in [4.78, 5) is 0. The second kappa shape index (κ2) is 6.68. The number of rotatable bonds is 6. The van der Waals surface area contributed by atoms with Gasteiger partial charge in [0.1, 0.15) is 0 Å². The van der Waals surface area contributed by atoms with Crippen LogP contribution in [0.4, 0.5) is 0 Å². The Morgan fingerprint density at radius 1 is 1.35 bits per heavy atom. The normalized spacial score (nSPS) is 22.3. The monoisotopic (exact) mass is 263 g/mol. The van der Waals surface area contributed by atoms with Gasteiger partial charge in [-0.15, -0.1) is 0 Å². The van der Waals surface area contributed by atoms with Crippen molar-refractivity contribution >= 4 is 10.2 Å². The molecule has 0 bridgehead atoms. The molecule has 0 saturated carbocycles. The predicted octanol–water partition coefficient (Wildman–Crippen LogP) is 0.647. The molecular formula is C11H25N3O2S. The van der Waals surface area contributed by atoms with Crippen molar-refractivity contribution in [3.63, 3.8) is 0 Å². The van der Waals surface area contributed by atoms with Crippen molar-refractivity contribution in [1.82, 2.24) is 13.9 Å². The largest absolute Gasteiger partial charge is 0.315 e. The molecular weight excluding hydrogens is 238 g/mol. The van der Waals surface area contributed by atoms with Crippen molar-refractivity contribution < 1.29 is 8.42 Å². The van der Waals surface area contributed by atoms with Crippen molar-refractivity contribution in [3.8, 4) is 0 Å². The first kappa shape index (κ1) is 14.9. The maximum atomic E-state index is 12.3. The molecule has 1 N–H and O–H groups in total. The average Bonchev–Trinajstić information content (AvgIpc) is 2.35. The van der Waals surface area contributed by atoms with Gasteiger partial charge in [0.25, 0.3) is 10.2 Å². The van der Waals surface area contributed by atoms with Crippen molar-refractivity contribution in [3.05, 3.63) is 0 Å². The predicted molar refractivity (Wildman–Crippen MR) is 70.1 cm³/mol. The molecule has 0 aromatic heterocycles. The lowest BCUT2D eigenvalue weighted by atomic mass is 10.1. The van der Waals surface area contributed by atoms with Crippen LogP contribution in [0.15, 0.2) is 0 Å². The van der Waals surface area contributed by atoms with E-state index < -0.39 is 10.2 Å². The van der Waals surface area contributed by atoms with Crippen molar-refractivity contribution in [2.45, 2.75) is 38.6 Å². The van der Waals surface area contributed by atoms with Gasteiger partial charge >= 0.3 is 0 Å². The van der Waals surface area contributed by atoms with Crippen LogP contribution in [0.1, 0.15) is 32.6 Å². The Bertz CT molecular complexity index is 313. The maximum absolute atomic E-state index is 12.3. The summed E-state index contributed by atoms with van der Waals surface area (Å²) in [5.41, 5.74) is 0. The number of likely N-dealkylation sites (N-methyl/N-ethyl adjacent to an activating group) is 1. The van der Waals surface area contributed by atoms with Crippen LogP contribution >= 0.6 is 0 Å². The lowest BCUT2D eigenvalue weighted by Crippen LogP contribution is -2.50. The number of nitrogens with one attached hydrogen (secondary N) is 1. The summed E-state index contributed by atoms with van der Waals surface area (Å²) in [6.45, 7) is 4.42.